The van der Waals surface area contributed by atoms with E-state index in [0.29, 0.717) is 33.7 Å². The van der Waals surface area contributed by atoms with Gasteiger partial charge in [0.1, 0.15) is 5.56 Å². The lowest BCUT2D eigenvalue weighted by molar-refractivity contribution is 0.103. The third-order valence-electron chi connectivity index (χ3n) is 5.04. The van der Waals surface area contributed by atoms with Crippen LogP contribution in [0.25, 0.3) is 4.91 Å². The second kappa shape index (κ2) is 6.96. The van der Waals surface area contributed by atoms with E-state index in [2.05, 4.69) is 5.10 Å². The fraction of sp³-hybridized carbons (Fsp3) is 0.368. The fourth-order valence-electron chi connectivity index (χ4n) is 3.74. The van der Waals surface area contributed by atoms with Crippen LogP contribution in [0.5, 0.6) is 5.88 Å². The van der Waals surface area contributed by atoms with E-state index in [1.54, 1.807) is 43.4 Å². The van der Waals surface area contributed by atoms with E-state index in [-0.39, 0.29) is 23.0 Å². The number of carbonyl (C=O) groups is 1. The van der Waals surface area contributed by atoms with E-state index in [0.717, 1.165) is 21.3 Å². The molecule has 148 valence electrons. The number of hydrogen-bond acceptors (Lipinski definition) is 7. The normalized spacial score (nSPS) is 18.0. The van der Waals surface area contributed by atoms with Crippen LogP contribution in [-0.4, -0.2) is 46.3 Å². The van der Waals surface area contributed by atoms with Gasteiger partial charge >= 0.3 is 0 Å². The molecule has 0 aliphatic carbocycles. The summed E-state index contributed by atoms with van der Waals surface area (Å²) in [5, 5.41) is 14.3. The topological polar surface area (TPSA) is 89.3 Å². The molecule has 1 N–H and O–H groups in total. The van der Waals surface area contributed by atoms with E-state index in [4.69, 9.17) is 0 Å². The van der Waals surface area contributed by atoms with E-state index in [9.17, 15) is 18.3 Å². The number of hydrogen-bond donors (Lipinski definition) is 1. The molecule has 2 aliphatic rings. The lowest BCUT2D eigenvalue weighted by Crippen LogP contribution is -2.21. The molecule has 3 heterocycles. The monoisotopic (exact) mass is 436 g/mol. The van der Waals surface area contributed by atoms with Crippen molar-refractivity contribution in [1.29, 1.82) is 0 Å². The fourth-order valence-corrected chi connectivity index (χ4v) is 8.78. The Kier molecular flexibility index (Phi) is 4.87. The van der Waals surface area contributed by atoms with Crippen molar-refractivity contribution in [2.75, 3.05) is 17.3 Å². The van der Waals surface area contributed by atoms with Gasteiger partial charge < -0.3 is 5.11 Å². The summed E-state index contributed by atoms with van der Waals surface area (Å²) in [7, 11) is -3.45. The van der Waals surface area contributed by atoms with Gasteiger partial charge in [0.15, 0.2) is 15.6 Å². The first-order valence-electron chi connectivity index (χ1n) is 8.91. The molecular formula is C19H20N2O4S3. The number of thioether (sulfide) groups is 2. The molecule has 0 radical (unpaired) electrons. The van der Waals surface area contributed by atoms with Crippen molar-refractivity contribution in [2.24, 2.45) is 0 Å². The molecule has 2 aromatic rings. The van der Waals surface area contributed by atoms with Crippen molar-refractivity contribution < 1.29 is 18.3 Å². The lowest BCUT2D eigenvalue weighted by Gasteiger charge is -2.29. The molecule has 0 saturated heterocycles. The number of aryl methyl sites for hydroxylation is 2. The maximum absolute atomic E-state index is 13.2. The van der Waals surface area contributed by atoms with Crippen LogP contribution in [0.4, 0.5) is 0 Å². The Morgan fingerprint density at radius 3 is 2.64 bits per heavy atom. The minimum absolute atomic E-state index is 0.0324. The van der Waals surface area contributed by atoms with E-state index in [1.807, 2.05) is 6.92 Å². The molecule has 0 fully saturated rings. The smallest absolute Gasteiger partial charge is 0.220 e. The Labute approximate surface area is 172 Å². The lowest BCUT2D eigenvalue weighted by atomic mass is 9.93. The van der Waals surface area contributed by atoms with E-state index in [1.165, 1.54) is 10.9 Å². The average Bonchev–Trinajstić information content (AvgIpc) is 3.03. The van der Waals surface area contributed by atoms with Gasteiger partial charge in [-0.05, 0) is 38.0 Å². The first-order chi connectivity index (χ1) is 13.3. The second-order valence-electron chi connectivity index (χ2n) is 6.81. The predicted molar refractivity (Wildman–Crippen MR) is 113 cm³/mol. The highest BCUT2D eigenvalue weighted by molar-refractivity contribution is 8.14. The highest BCUT2D eigenvalue weighted by Crippen LogP contribution is 2.49. The molecule has 0 unspecified atom stereocenters. The number of fused-ring (bicyclic) bond motifs is 2. The molecule has 1 aromatic heterocycles. The highest BCUT2D eigenvalue weighted by Gasteiger charge is 2.36. The van der Waals surface area contributed by atoms with Gasteiger partial charge in [-0.25, -0.2) is 13.1 Å². The van der Waals surface area contributed by atoms with Gasteiger partial charge in [0.25, 0.3) is 0 Å². The number of benzene rings is 1. The summed E-state index contributed by atoms with van der Waals surface area (Å²) in [4.78, 5) is 15.4. The van der Waals surface area contributed by atoms with Gasteiger partial charge in [-0.2, -0.15) is 5.10 Å². The SMILES string of the molecule is CCn1ncc(C(=O)c2cc(C)c3c(c2C)C2=C(CS3(=O)=O)SCCS2)c1O. The molecule has 0 bridgehead atoms. The van der Waals surface area contributed by atoms with Crippen molar-refractivity contribution in [2.45, 2.75) is 32.2 Å². The maximum atomic E-state index is 13.2. The predicted octanol–water partition coefficient (Wildman–Crippen LogP) is 3.39. The van der Waals surface area contributed by atoms with Crippen molar-refractivity contribution in [1.82, 2.24) is 9.78 Å². The summed E-state index contributed by atoms with van der Waals surface area (Å²) in [6.07, 6.45) is 1.36. The molecule has 0 saturated carbocycles. The molecule has 4 rings (SSSR count). The Bertz CT molecular complexity index is 1150. The van der Waals surface area contributed by atoms with Gasteiger partial charge in [-0.1, -0.05) is 0 Å². The molecule has 9 heteroatoms. The summed E-state index contributed by atoms with van der Waals surface area (Å²) in [5.41, 5.74) is 2.39. The Morgan fingerprint density at radius 2 is 1.96 bits per heavy atom. The molecule has 1 aromatic carbocycles. The Hall–Kier alpha value is -1.71. The molecule has 2 aliphatic heterocycles. The number of aromatic hydroxyl groups is 1. The van der Waals surface area contributed by atoms with E-state index < -0.39 is 9.84 Å². The van der Waals surface area contributed by atoms with Crippen LogP contribution in [-0.2, 0) is 16.4 Å². The third-order valence-corrected chi connectivity index (χ3v) is 9.68. The van der Waals surface area contributed by atoms with Crippen LogP contribution in [0.15, 0.2) is 22.1 Å². The quantitative estimate of drug-likeness (QED) is 0.738. The minimum atomic E-state index is -3.45. The zero-order valence-corrected chi connectivity index (χ0v) is 18.2. The number of sulfone groups is 1. The number of rotatable bonds is 3. The van der Waals surface area contributed by atoms with Gasteiger partial charge in [-0.3, -0.25) is 4.79 Å². The number of carbonyl (C=O) groups excluding carboxylic acids is 1. The van der Waals surface area contributed by atoms with Crippen LogP contribution in [0.1, 0.15) is 39.5 Å². The van der Waals surface area contributed by atoms with Crippen molar-refractivity contribution in [3.63, 3.8) is 0 Å². The first-order valence-corrected chi connectivity index (χ1v) is 12.5. The Balaban J connectivity index is 1.96. The molecule has 0 atom stereocenters. The molecule has 28 heavy (non-hydrogen) atoms. The summed E-state index contributed by atoms with van der Waals surface area (Å²) in [6, 6.07) is 1.63. The summed E-state index contributed by atoms with van der Waals surface area (Å²) < 4.78 is 27.3. The largest absolute Gasteiger partial charge is 0.493 e. The van der Waals surface area contributed by atoms with E-state index >= 15 is 0 Å². The zero-order valence-electron chi connectivity index (χ0n) is 15.8. The van der Waals surface area contributed by atoms with Crippen LogP contribution in [0.2, 0.25) is 0 Å². The Morgan fingerprint density at radius 1 is 1.25 bits per heavy atom. The summed E-state index contributed by atoms with van der Waals surface area (Å²) >= 11 is 3.25. The standard InChI is InChI=1S/C19H20N2O4S3/c1-4-21-19(23)13(8-20-21)16(22)12-7-10(2)18-15(11(12)3)17-14(9-28(18,24)25)26-5-6-27-17/h7-8,23H,4-6,9H2,1-3H3. The van der Waals surface area contributed by atoms with Crippen molar-refractivity contribution >= 4 is 44.0 Å². The van der Waals surface area contributed by atoms with Gasteiger partial charge in [0, 0.05) is 39.0 Å². The van der Waals surface area contributed by atoms with Gasteiger partial charge in [-0.15, -0.1) is 23.5 Å². The summed E-state index contributed by atoms with van der Waals surface area (Å²) in [5.74, 6) is 1.31. The highest BCUT2D eigenvalue weighted by atomic mass is 32.2. The number of ketones is 1. The van der Waals surface area contributed by atoms with Crippen LogP contribution >= 0.6 is 23.5 Å². The molecule has 0 amide bonds. The molecular weight excluding hydrogens is 416 g/mol. The van der Waals surface area contributed by atoms with Crippen LogP contribution in [0, 0.1) is 13.8 Å². The van der Waals surface area contributed by atoms with Crippen LogP contribution < -0.4 is 0 Å². The summed E-state index contributed by atoms with van der Waals surface area (Å²) in [6.45, 7) is 5.79. The van der Waals surface area contributed by atoms with Crippen molar-refractivity contribution in [3.05, 3.63) is 45.0 Å². The third kappa shape index (κ3) is 2.91. The molecule has 0 spiro atoms. The minimum Gasteiger partial charge on any atom is -0.493 e. The van der Waals surface area contributed by atoms with Crippen LogP contribution in [0.3, 0.4) is 0 Å². The zero-order chi connectivity index (χ0) is 20.2. The van der Waals surface area contributed by atoms with Gasteiger partial charge in [0.05, 0.1) is 16.8 Å². The maximum Gasteiger partial charge on any atom is 0.220 e. The molecule has 6 nitrogen and oxygen atoms in total. The number of nitrogens with zero attached hydrogens (tertiary/aromatic N) is 2. The average molecular weight is 437 g/mol. The van der Waals surface area contributed by atoms with Gasteiger partial charge in [0.2, 0.25) is 5.88 Å². The second-order valence-corrected chi connectivity index (χ2v) is 11.0. The van der Waals surface area contributed by atoms with Crippen molar-refractivity contribution in [3.8, 4) is 5.88 Å². The first kappa shape index (κ1) is 19.6. The number of aromatic nitrogens is 2.